The summed E-state index contributed by atoms with van der Waals surface area (Å²) >= 11 is 0. The van der Waals surface area contributed by atoms with Gasteiger partial charge in [0.2, 0.25) is 0 Å². The molecule has 0 aliphatic carbocycles. The molecular formula is C18H48O7Si5. The molecule has 0 atom stereocenters. The van der Waals surface area contributed by atoms with E-state index in [2.05, 4.69) is 58.9 Å². The molecule has 0 aromatic heterocycles. The molecule has 0 aliphatic heterocycles. The van der Waals surface area contributed by atoms with Crippen molar-refractivity contribution in [2.45, 2.75) is 119 Å². The third-order valence-electron chi connectivity index (χ3n) is 2.68. The molecule has 0 radical (unpaired) electrons. The van der Waals surface area contributed by atoms with Crippen LogP contribution >= 0.6 is 0 Å². The van der Waals surface area contributed by atoms with Crippen LogP contribution in [0.3, 0.4) is 0 Å². The van der Waals surface area contributed by atoms with Crippen molar-refractivity contribution in [1.82, 2.24) is 0 Å². The van der Waals surface area contributed by atoms with E-state index in [0.717, 1.165) is 0 Å². The van der Waals surface area contributed by atoms with Crippen LogP contribution in [0.2, 0.25) is 58.9 Å². The zero-order valence-corrected chi connectivity index (χ0v) is 27.1. The van der Waals surface area contributed by atoms with Crippen LogP contribution in [0, 0.1) is 0 Å². The lowest BCUT2D eigenvalue weighted by Gasteiger charge is -2.44. The van der Waals surface area contributed by atoms with E-state index < -0.39 is 43.0 Å². The lowest BCUT2D eigenvalue weighted by molar-refractivity contribution is -0.0445. The van der Waals surface area contributed by atoms with Gasteiger partial charge >= 0.3 is 18.1 Å². The van der Waals surface area contributed by atoms with E-state index in [1.807, 2.05) is 41.5 Å². The van der Waals surface area contributed by atoms with Crippen LogP contribution in [0.1, 0.15) is 41.5 Å². The maximum Gasteiger partial charge on any atom is 0.663 e. The first-order valence-electron chi connectivity index (χ1n) is 10.9. The first-order valence-corrected chi connectivity index (χ1v) is 24.4. The van der Waals surface area contributed by atoms with Gasteiger partial charge in [0.25, 0.3) is 0 Å². The van der Waals surface area contributed by atoms with Crippen molar-refractivity contribution in [2.24, 2.45) is 0 Å². The van der Waals surface area contributed by atoms with E-state index in [0.29, 0.717) is 0 Å². The Labute approximate surface area is 191 Å². The molecule has 0 bridgehead atoms. The van der Waals surface area contributed by atoms with Crippen LogP contribution in [0.4, 0.5) is 0 Å². The Morgan fingerprint density at radius 1 is 0.367 bits per heavy atom. The van der Waals surface area contributed by atoms with Crippen molar-refractivity contribution in [3.05, 3.63) is 0 Å². The molecule has 7 nitrogen and oxygen atoms in total. The molecule has 0 fully saturated rings. The second-order valence-corrected chi connectivity index (χ2v) is 29.9. The highest BCUT2D eigenvalue weighted by Gasteiger charge is 2.63. The van der Waals surface area contributed by atoms with Gasteiger partial charge < -0.3 is 29.7 Å². The van der Waals surface area contributed by atoms with E-state index in [1.165, 1.54) is 0 Å². The molecule has 0 aromatic carbocycles. The van der Waals surface area contributed by atoms with Gasteiger partial charge in [-0.15, -0.1) is 0 Å². The van der Waals surface area contributed by atoms with E-state index in [-0.39, 0.29) is 18.3 Å². The monoisotopic (exact) mass is 516 g/mol. The second-order valence-electron chi connectivity index (χ2n) is 11.2. The van der Waals surface area contributed by atoms with Crippen molar-refractivity contribution in [3.8, 4) is 0 Å². The van der Waals surface area contributed by atoms with Crippen molar-refractivity contribution < 1.29 is 29.7 Å². The molecule has 0 aliphatic rings. The fourth-order valence-electron chi connectivity index (χ4n) is 2.42. The molecule has 0 amide bonds. The van der Waals surface area contributed by atoms with Crippen LogP contribution < -0.4 is 0 Å². The normalized spacial score (nSPS) is 15.0. The Hall–Kier alpha value is 0.804. The zero-order valence-electron chi connectivity index (χ0n) is 22.1. The summed E-state index contributed by atoms with van der Waals surface area (Å²) in [6.07, 6.45) is -0.464. The summed E-state index contributed by atoms with van der Waals surface area (Å²) in [5.74, 6) is 0. The first kappa shape index (κ1) is 30.8. The molecule has 0 heterocycles. The average molecular weight is 517 g/mol. The molecule has 0 unspecified atom stereocenters. The van der Waals surface area contributed by atoms with Crippen molar-refractivity contribution >= 4 is 43.0 Å². The minimum absolute atomic E-state index is 0.152. The number of rotatable bonds is 14. The van der Waals surface area contributed by atoms with Crippen molar-refractivity contribution in [3.63, 3.8) is 0 Å². The predicted octanol–water partition coefficient (Wildman–Crippen LogP) is 5.70. The van der Waals surface area contributed by atoms with Crippen LogP contribution in [0.15, 0.2) is 0 Å². The molecule has 12 heteroatoms. The predicted molar refractivity (Wildman–Crippen MR) is 135 cm³/mol. The molecule has 0 saturated carbocycles. The quantitative estimate of drug-likeness (QED) is 0.274. The van der Waals surface area contributed by atoms with E-state index >= 15 is 0 Å². The Balaban J connectivity index is 6.61. The van der Waals surface area contributed by atoms with E-state index in [4.69, 9.17) is 29.7 Å². The van der Waals surface area contributed by atoms with Gasteiger partial charge in [-0.05, 0) is 100 Å². The lowest BCUT2D eigenvalue weighted by Crippen LogP contribution is -2.69. The number of hydrogen-bond donors (Lipinski definition) is 0. The Morgan fingerprint density at radius 2 is 0.600 bits per heavy atom. The molecular weight excluding hydrogens is 469 g/mol. The summed E-state index contributed by atoms with van der Waals surface area (Å²) in [4.78, 5) is 0. The van der Waals surface area contributed by atoms with Gasteiger partial charge in [-0.3, -0.25) is 0 Å². The molecule has 0 aromatic rings. The van der Waals surface area contributed by atoms with Gasteiger partial charge in [0, 0.05) is 18.3 Å². The Kier molecular flexibility index (Phi) is 11.6. The van der Waals surface area contributed by atoms with E-state index in [9.17, 15) is 0 Å². The van der Waals surface area contributed by atoms with Gasteiger partial charge in [-0.1, -0.05) is 0 Å². The highest BCUT2D eigenvalue weighted by Crippen LogP contribution is 2.32. The minimum Gasteiger partial charge on any atom is -0.395 e. The summed E-state index contributed by atoms with van der Waals surface area (Å²) in [6, 6.07) is 0. The molecule has 30 heavy (non-hydrogen) atoms. The SMILES string of the molecule is CC(C)O[Si](OC(C)C)(O[Si](C)(C)C)O[Si](OC(C)C)(O[Si](C)(C)C)O[Si](C)(C)C. The highest BCUT2D eigenvalue weighted by atomic mass is 28.5. The molecule has 182 valence electrons. The van der Waals surface area contributed by atoms with Crippen LogP contribution in [-0.4, -0.2) is 61.4 Å². The van der Waals surface area contributed by atoms with Crippen molar-refractivity contribution in [1.29, 1.82) is 0 Å². The van der Waals surface area contributed by atoms with Crippen LogP contribution in [0.5, 0.6) is 0 Å². The summed E-state index contributed by atoms with van der Waals surface area (Å²) in [7, 11) is -13.7. The first-order chi connectivity index (χ1) is 13.1. The summed E-state index contributed by atoms with van der Waals surface area (Å²) in [6.45, 7) is 30.6. The van der Waals surface area contributed by atoms with Gasteiger partial charge in [-0.25, -0.2) is 0 Å². The number of hydrogen-bond acceptors (Lipinski definition) is 7. The van der Waals surface area contributed by atoms with Gasteiger partial charge in [0.1, 0.15) is 0 Å². The van der Waals surface area contributed by atoms with Crippen LogP contribution in [0.25, 0.3) is 0 Å². The van der Waals surface area contributed by atoms with Gasteiger partial charge in [0.05, 0.1) is 0 Å². The molecule has 0 saturated heterocycles. The summed E-state index contributed by atoms with van der Waals surface area (Å²) < 4.78 is 45.5. The topological polar surface area (TPSA) is 64.6 Å². The van der Waals surface area contributed by atoms with Gasteiger partial charge in [-0.2, -0.15) is 0 Å². The Morgan fingerprint density at radius 3 is 0.833 bits per heavy atom. The molecule has 0 rings (SSSR count). The average Bonchev–Trinajstić information content (AvgIpc) is 2.25. The van der Waals surface area contributed by atoms with E-state index in [1.54, 1.807) is 0 Å². The fraction of sp³-hybridized carbons (Fsp3) is 1.00. The largest absolute Gasteiger partial charge is 0.663 e. The smallest absolute Gasteiger partial charge is 0.395 e. The third-order valence-corrected chi connectivity index (χ3v) is 17.3. The molecule has 0 N–H and O–H groups in total. The lowest BCUT2D eigenvalue weighted by atomic mass is 10.5. The van der Waals surface area contributed by atoms with Gasteiger partial charge in [0.15, 0.2) is 25.0 Å². The minimum atomic E-state index is -3.67. The van der Waals surface area contributed by atoms with Crippen LogP contribution in [-0.2, 0) is 29.7 Å². The van der Waals surface area contributed by atoms with Crippen molar-refractivity contribution in [2.75, 3.05) is 0 Å². The standard InChI is InChI=1S/C18H48O7Si5/c1-16(2)19-29(20-17(3)4,22-26(7,8)9)25-30(21-18(5)6,23-27(10,11)12)24-28(13,14)15/h16-18H,1-15H3. The maximum absolute atomic E-state index is 6.74. The highest BCUT2D eigenvalue weighted by molar-refractivity contribution is 6.87. The zero-order chi connectivity index (χ0) is 24.2. The fourth-order valence-corrected chi connectivity index (χ4v) is 17.9. The summed E-state index contributed by atoms with van der Waals surface area (Å²) in [5, 5.41) is 0. The third kappa shape index (κ3) is 14.1. The Bertz CT molecular complexity index is 485. The molecule has 0 spiro atoms. The second kappa shape index (κ2) is 11.3. The maximum atomic E-state index is 6.74. The summed E-state index contributed by atoms with van der Waals surface area (Å²) in [5.41, 5.74) is 0.